The van der Waals surface area contributed by atoms with Crippen LogP contribution in [-0.2, 0) is 6.42 Å². The SMILES string of the molecule is CCC.CN(C)CCCc1ccccc1.Cc1ccccc1O. The van der Waals surface area contributed by atoms with Crippen molar-refractivity contribution in [1.29, 1.82) is 0 Å². The average Bonchev–Trinajstić information content (AvgIpc) is 2.52. The maximum Gasteiger partial charge on any atom is 0.118 e. The van der Waals surface area contributed by atoms with E-state index in [1.165, 1.54) is 31.4 Å². The van der Waals surface area contributed by atoms with Crippen molar-refractivity contribution in [1.82, 2.24) is 4.90 Å². The summed E-state index contributed by atoms with van der Waals surface area (Å²) in [6, 6.07) is 17.9. The number of nitrogens with zero attached hydrogens (tertiary/aromatic N) is 1. The van der Waals surface area contributed by atoms with Gasteiger partial charge in [-0.2, -0.15) is 0 Å². The first kappa shape index (κ1) is 21.2. The molecule has 0 aliphatic rings. The van der Waals surface area contributed by atoms with Gasteiger partial charge in [-0.15, -0.1) is 0 Å². The minimum atomic E-state index is 0.368. The molecular formula is C21H33NO. The topological polar surface area (TPSA) is 23.5 Å². The highest BCUT2D eigenvalue weighted by Crippen LogP contribution is 2.12. The molecule has 0 aliphatic carbocycles. The van der Waals surface area contributed by atoms with Gasteiger partial charge in [0.2, 0.25) is 0 Å². The fourth-order valence-electron chi connectivity index (χ4n) is 1.81. The van der Waals surface area contributed by atoms with E-state index >= 15 is 0 Å². The van der Waals surface area contributed by atoms with Gasteiger partial charge in [-0.05, 0) is 57.6 Å². The summed E-state index contributed by atoms with van der Waals surface area (Å²) in [6.45, 7) is 7.30. The highest BCUT2D eigenvalue weighted by atomic mass is 16.3. The minimum Gasteiger partial charge on any atom is -0.508 e. The van der Waals surface area contributed by atoms with Gasteiger partial charge in [-0.3, -0.25) is 0 Å². The van der Waals surface area contributed by atoms with Crippen molar-refractivity contribution in [3.05, 3.63) is 65.7 Å². The molecule has 0 spiro atoms. The fraction of sp³-hybridized carbons (Fsp3) is 0.429. The molecule has 128 valence electrons. The molecule has 2 aromatic rings. The summed E-state index contributed by atoms with van der Waals surface area (Å²) >= 11 is 0. The molecule has 0 atom stereocenters. The van der Waals surface area contributed by atoms with Crippen molar-refractivity contribution < 1.29 is 5.11 Å². The third-order valence-corrected chi connectivity index (χ3v) is 3.03. The number of hydrogen-bond acceptors (Lipinski definition) is 2. The van der Waals surface area contributed by atoms with Crippen LogP contribution in [0, 0.1) is 6.92 Å². The van der Waals surface area contributed by atoms with Gasteiger partial charge in [-0.1, -0.05) is 68.8 Å². The van der Waals surface area contributed by atoms with Crippen LogP contribution in [0.25, 0.3) is 0 Å². The highest BCUT2D eigenvalue weighted by Gasteiger charge is 1.92. The van der Waals surface area contributed by atoms with Gasteiger partial charge in [0, 0.05) is 0 Å². The molecule has 0 radical (unpaired) electrons. The van der Waals surface area contributed by atoms with E-state index in [2.05, 4.69) is 63.2 Å². The summed E-state index contributed by atoms with van der Waals surface area (Å²) < 4.78 is 0. The lowest BCUT2D eigenvalue weighted by atomic mass is 10.1. The Balaban J connectivity index is 0.000000379. The third kappa shape index (κ3) is 12.4. The number of aryl methyl sites for hydroxylation is 2. The lowest BCUT2D eigenvalue weighted by Gasteiger charge is -2.08. The van der Waals surface area contributed by atoms with E-state index in [-0.39, 0.29) is 0 Å². The molecule has 0 aliphatic heterocycles. The molecule has 0 bridgehead atoms. The molecule has 0 heterocycles. The zero-order chi connectivity index (χ0) is 17.5. The van der Waals surface area contributed by atoms with E-state index in [0.717, 1.165) is 5.56 Å². The van der Waals surface area contributed by atoms with E-state index in [0.29, 0.717) is 5.75 Å². The predicted octanol–water partition coefficient (Wildman–Crippen LogP) is 5.30. The van der Waals surface area contributed by atoms with Gasteiger partial charge < -0.3 is 10.0 Å². The largest absolute Gasteiger partial charge is 0.508 e. The molecule has 0 fully saturated rings. The van der Waals surface area contributed by atoms with E-state index in [9.17, 15) is 0 Å². The molecule has 2 aromatic carbocycles. The molecule has 0 saturated heterocycles. The van der Waals surface area contributed by atoms with Crippen LogP contribution in [-0.4, -0.2) is 30.6 Å². The standard InChI is InChI=1S/C11H17N.C7H8O.C3H8/c1-12(2)10-6-9-11-7-4-3-5-8-11;1-6-4-2-3-5-7(6)8;1-3-2/h3-5,7-8H,6,9-10H2,1-2H3;2-5,8H,1H3;3H2,1-2H3. The maximum absolute atomic E-state index is 8.92. The summed E-state index contributed by atoms with van der Waals surface area (Å²) in [4.78, 5) is 2.23. The molecule has 0 unspecified atom stereocenters. The van der Waals surface area contributed by atoms with E-state index < -0.39 is 0 Å². The van der Waals surface area contributed by atoms with Crippen LogP contribution >= 0.6 is 0 Å². The Hall–Kier alpha value is -1.80. The van der Waals surface area contributed by atoms with Gasteiger partial charge in [0.1, 0.15) is 5.75 Å². The van der Waals surface area contributed by atoms with Crippen LogP contribution in [0.15, 0.2) is 54.6 Å². The van der Waals surface area contributed by atoms with Crippen LogP contribution in [0.4, 0.5) is 0 Å². The Bertz CT molecular complexity index is 473. The summed E-state index contributed by atoms with van der Waals surface area (Å²) in [5.74, 6) is 0.368. The molecule has 23 heavy (non-hydrogen) atoms. The van der Waals surface area contributed by atoms with Crippen LogP contribution < -0.4 is 0 Å². The summed E-state index contributed by atoms with van der Waals surface area (Å²) in [7, 11) is 4.23. The molecule has 2 nitrogen and oxygen atoms in total. The van der Waals surface area contributed by atoms with Crippen molar-refractivity contribution in [2.75, 3.05) is 20.6 Å². The van der Waals surface area contributed by atoms with Crippen molar-refractivity contribution in [2.45, 2.75) is 40.0 Å². The Morgan fingerprint density at radius 3 is 1.83 bits per heavy atom. The fourth-order valence-corrected chi connectivity index (χ4v) is 1.81. The quantitative estimate of drug-likeness (QED) is 0.828. The second-order valence-electron chi connectivity index (χ2n) is 5.89. The first-order valence-electron chi connectivity index (χ1n) is 8.44. The lowest BCUT2D eigenvalue weighted by molar-refractivity contribution is 0.400. The summed E-state index contributed by atoms with van der Waals surface area (Å²) in [6.07, 6.45) is 3.69. The van der Waals surface area contributed by atoms with Crippen molar-refractivity contribution in [2.24, 2.45) is 0 Å². The van der Waals surface area contributed by atoms with Crippen LogP contribution in [0.2, 0.25) is 0 Å². The number of aromatic hydroxyl groups is 1. The first-order chi connectivity index (χ1) is 11.0. The van der Waals surface area contributed by atoms with Crippen LogP contribution in [0.1, 0.15) is 37.8 Å². The molecule has 0 aromatic heterocycles. The number of phenolic OH excluding ortho intramolecular Hbond substituents is 1. The molecule has 2 rings (SSSR count). The zero-order valence-electron chi connectivity index (χ0n) is 15.4. The van der Waals surface area contributed by atoms with Crippen molar-refractivity contribution in [3.63, 3.8) is 0 Å². The number of phenols is 1. The molecule has 2 heteroatoms. The smallest absolute Gasteiger partial charge is 0.118 e. The molecular weight excluding hydrogens is 282 g/mol. The van der Waals surface area contributed by atoms with Crippen LogP contribution in [0.5, 0.6) is 5.75 Å². The van der Waals surface area contributed by atoms with Crippen LogP contribution in [0.3, 0.4) is 0 Å². The van der Waals surface area contributed by atoms with Crippen molar-refractivity contribution >= 4 is 0 Å². The zero-order valence-corrected chi connectivity index (χ0v) is 15.4. The van der Waals surface area contributed by atoms with Crippen molar-refractivity contribution in [3.8, 4) is 5.75 Å². The summed E-state index contributed by atoms with van der Waals surface area (Å²) in [5.41, 5.74) is 2.37. The lowest BCUT2D eigenvalue weighted by Crippen LogP contribution is -2.13. The molecule has 1 N–H and O–H groups in total. The van der Waals surface area contributed by atoms with Gasteiger partial charge in [-0.25, -0.2) is 0 Å². The van der Waals surface area contributed by atoms with E-state index in [4.69, 9.17) is 5.11 Å². The van der Waals surface area contributed by atoms with Gasteiger partial charge in [0.25, 0.3) is 0 Å². The normalized spacial score (nSPS) is 9.48. The molecule has 0 saturated carbocycles. The van der Waals surface area contributed by atoms with Gasteiger partial charge >= 0.3 is 0 Å². The number of para-hydroxylation sites is 1. The van der Waals surface area contributed by atoms with E-state index in [1.807, 2.05) is 25.1 Å². The first-order valence-corrected chi connectivity index (χ1v) is 8.44. The Morgan fingerprint density at radius 2 is 1.39 bits per heavy atom. The second-order valence-corrected chi connectivity index (χ2v) is 5.89. The Labute approximate surface area is 142 Å². The predicted molar refractivity (Wildman–Crippen MR) is 102 cm³/mol. The monoisotopic (exact) mass is 315 g/mol. The number of benzene rings is 2. The Kier molecular flexibility index (Phi) is 12.8. The number of hydrogen-bond donors (Lipinski definition) is 1. The van der Waals surface area contributed by atoms with Gasteiger partial charge in [0.05, 0.1) is 0 Å². The summed E-state index contributed by atoms with van der Waals surface area (Å²) in [5, 5.41) is 8.92. The second kappa shape index (κ2) is 13.8. The maximum atomic E-state index is 8.92. The highest BCUT2D eigenvalue weighted by molar-refractivity contribution is 5.29. The minimum absolute atomic E-state index is 0.368. The van der Waals surface area contributed by atoms with E-state index in [1.54, 1.807) is 6.07 Å². The Morgan fingerprint density at radius 1 is 0.870 bits per heavy atom. The number of rotatable bonds is 4. The average molecular weight is 316 g/mol. The van der Waals surface area contributed by atoms with Gasteiger partial charge in [0.15, 0.2) is 0 Å². The third-order valence-electron chi connectivity index (χ3n) is 3.03. The molecule has 0 amide bonds.